The van der Waals surface area contributed by atoms with Crippen molar-refractivity contribution in [1.29, 1.82) is 0 Å². The van der Waals surface area contributed by atoms with Crippen LogP contribution in [-0.2, 0) is 17.8 Å². The molecule has 1 N–H and O–H groups in total. The molecular formula is C15H16Cl2N4O. The number of fused-ring (bicyclic) bond motifs is 1. The minimum Gasteiger partial charge on any atom is -0.338 e. The van der Waals surface area contributed by atoms with Crippen molar-refractivity contribution in [3.05, 3.63) is 45.5 Å². The molecule has 22 heavy (non-hydrogen) atoms. The van der Waals surface area contributed by atoms with Gasteiger partial charge in [-0.15, -0.1) is 0 Å². The number of aromatic amines is 1. The molecule has 0 bridgehead atoms. The summed E-state index contributed by atoms with van der Waals surface area (Å²) in [6, 6.07) is 0. The monoisotopic (exact) mass is 338 g/mol. The molecule has 1 atom stereocenters. The maximum atomic E-state index is 12.5. The van der Waals surface area contributed by atoms with Crippen molar-refractivity contribution in [2.75, 3.05) is 6.54 Å². The molecule has 7 heteroatoms. The van der Waals surface area contributed by atoms with E-state index in [0.717, 1.165) is 16.8 Å². The summed E-state index contributed by atoms with van der Waals surface area (Å²) in [6.45, 7) is 3.39. The van der Waals surface area contributed by atoms with Crippen LogP contribution in [0.15, 0.2) is 18.6 Å². The van der Waals surface area contributed by atoms with Gasteiger partial charge in [0, 0.05) is 49.1 Å². The zero-order valence-electron chi connectivity index (χ0n) is 12.1. The highest BCUT2D eigenvalue weighted by molar-refractivity contribution is 6.35. The van der Waals surface area contributed by atoms with Crippen molar-refractivity contribution in [1.82, 2.24) is 20.1 Å². The molecule has 0 saturated heterocycles. The molecule has 0 saturated carbocycles. The number of nitrogens with zero attached hydrogens (tertiary/aromatic N) is 3. The lowest BCUT2D eigenvalue weighted by atomic mass is 9.98. The van der Waals surface area contributed by atoms with Crippen LogP contribution in [0.4, 0.5) is 0 Å². The zero-order valence-corrected chi connectivity index (χ0v) is 13.7. The topological polar surface area (TPSA) is 61.9 Å². The number of amides is 1. The fourth-order valence-electron chi connectivity index (χ4n) is 2.82. The summed E-state index contributed by atoms with van der Waals surface area (Å²) in [5.74, 6) is 0.367. The lowest BCUT2D eigenvalue weighted by molar-refractivity contribution is -0.132. The van der Waals surface area contributed by atoms with Crippen LogP contribution in [0, 0.1) is 0 Å². The van der Waals surface area contributed by atoms with Gasteiger partial charge in [0.15, 0.2) is 0 Å². The van der Waals surface area contributed by atoms with Crippen LogP contribution in [0.1, 0.15) is 36.1 Å². The Morgan fingerprint density at radius 2 is 2.09 bits per heavy atom. The second kappa shape index (κ2) is 6.26. The largest absolute Gasteiger partial charge is 0.338 e. The molecular weight excluding hydrogens is 323 g/mol. The molecule has 2 aromatic heterocycles. The van der Waals surface area contributed by atoms with Crippen molar-refractivity contribution in [2.45, 2.75) is 32.2 Å². The molecule has 0 radical (unpaired) electrons. The predicted molar refractivity (Wildman–Crippen MR) is 85.0 cm³/mol. The molecule has 0 fully saturated rings. The minimum absolute atomic E-state index is 0.0997. The van der Waals surface area contributed by atoms with Gasteiger partial charge in [-0.2, -0.15) is 5.10 Å². The van der Waals surface area contributed by atoms with E-state index in [2.05, 4.69) is 22.1 Å². The van der Waals surface area contributed by atoms with Crippen LogP contribution >= 0.6 is 23.2 Å². The number of carbonyl (C=O) groups is 1. The average molecular weight is 339 g/mol. The van der Waals surface area contributed by atoms with Gasteiger partial charge in [-0.25, -0.2) is 0 Å². The van der Waals surface area contributed by atoms with Gasteiger partial charge in [-0.1, -0.05) is 30.1 Å². The quantitative estimate of drug-likeness (QED) is 0.934. The molecule has 1 aliphatic heterocycles. The lowest BCUT2D eigenvalue weighted by Crippen LogP contribution is -2.37. The van der Waals surface area contributed by atoms with Gasteiger partial charge in [0.1, 0.15) is 0 Å². The van der Waals surface area contributed by atoms with Crippen LogP contribution < -0.4 is 0 Å². The van der Waals surface area contributed by atoms with E-state index in [0.29, 0.717) is 36.0 Å². The number of pyridine rings is 1. The number of halogens is 2. The molecule has 0 spiro atoms. The summed E-state index contributed by atoms with van der Waals surface area (Å²) in [6.07, 6.45) is 5.79. The Morgan fingerprint density at radius 3 is 2.82 bits per heavy atom. The van der Waals surface area contributed by atoms with Crippen LogP contribution in [0.5, 0.6) is 0 Å². The van der Waals surface area contributed by atoms with E-state index < -0.39 is 0 Å². The van der Waals surface area contributed by atoms with Gasteiger partial charge >= 0.3 is 0 Å². The number of aromatic nitrogens is 3. The van der Waals surface area contributed by atoms with E-state index in [1.165, 1.54) is 0 Å². The first kappa shape index (κ1) is 15.3. The van der Waals surface area contributed by atoms with Crippen LogP contribution in [0.2, 0.25) is 10.0 Å². The van der Waals surface area contributed by atoms with Gasteiger partial charge < -0.3 is 4.90 Å². The fourth-order valence-corrected chi connectivity index (χ4v) is 3.38. The van der Waals surface area contributed by atoms with Crippen molar-refractivity contribution < 1.29 is 4.79 Å². The van der Waals surface area contributed by atoms with Gasteiger partial charge in [-0.05, 0) is 12.0 Å². The summed E-state index contributed by atoms with van der Waals surface area (Å²) in [5, 5.41) is 8.08. The number of rotatable bonds is 3. The normalized spacial score (nSPS) is 17.4. The molecule has 0 aromatic carbocycles. The smallest absolute Gasteiger partial charge is 0.223 e. The van der Waals surface area contributed by atoms with Crippen molar-refractivity contribution in [2.24, 2.45) is 0 Å². The maximum absolute atomic E-state index is 12.5. The minimum atomic E-state index is 0.0997. The number of hydrogen-bond acceptors (Lipinski definition) is 3. The third-order valence-corrected chi connectivity index (χ3v) is 4.64. The Balaban J connectivity index is 1.66. The first-order chi connectivity index (χ1) is 10.6. The van der Waals surface area contributed by atoms with E-state index in [-0.39, 0.29) is 11.8 Å². The molecule has 2 aromatic rings. The average Bonchev–Trinajstić information content (AvgIpc) is 2.95. The lowest BCUT2D eigenvalue weighted by Gasteiger charge is -2.30. The van der Waals surface area contributed by atoms with Crippen molar-refractivity contribution >= 4 is 29.1 Å². The molecule has 0 aliphatic carbocycles. The zero-order chi connectivity index (χ0) is 15.7. The number of nitrogens with one attached hydrogen (secondary N) is 1. The Morgan fingerprint density at radius 1 is 1.36 bits per heavy atom. The molecule has 1 aliphatic rings. The molecule has 3 rings (SSSR count). The van der Waals surface area contributed by atoms with Crippen LogP contribution in [-0.4, -0.2) is 32.5 Å². The van der Waals surface area contributed by atoms with Crippen molar-refractivity contribution in [3.63, 3.8) is 0 Å². The van der Waals surface area contributed by atoms with E-state index in [4.69, 9.17) is 23.2 Å². The highest BCUT2D eigenvalue weighted by atomic mass is 35.5. The van der Waals surface area contributed by atoms with Gasteiger partial charge in [-0.3, -0.25) is 14.9 Å². The van der Waals surface area contributed by atoms with E-state index in [9.17, 15) is 4.79 Å². The summed E-state index contributed by atoms with van der Waals surface area (Å²) in [7, 11) is 0. The number of carbonyl (C=O) groups excluding carboxylic acids is 1. The van der Waals surface area contributed by atoms with Gasteiger partial charge in [0.25, 0.3) is 0 Å². The van der Waals surface area contributed by atoms with E-state index in [1.54, 1.807) is 18.6 Å². The summed E-state index contributed by atoms with van der Waals surface area (Å²) >= 11 is 12.2. The second-order valence-corrected chi connectivity index (χ2v) is 6.38. The van der Waals surface area contributed by atoms with Crippen LogP contribution in [0.25, 0.3) is 0 Å². The van der Waals surface area contributed by atoms with E-state index in [1.807, 2.05) is 4.90 Å². The SMILES string of the molecule is CC1CN(C(=O)CCc2c(Cl)cncc2Cl)Cc2cn[nH]c21. The Kier molecular flexibility index (Phi) is 4.36. The van der Waals surface area contributed by atoms with E-state index >= 15 is 0 Å². The maximum Gasteiger partial charge on any atom is 0.223 e. The highest BCUT2D eigenvalue weighted by Crippen LogP contribution is 2.28. The Bertz CT molecular complexity index is 680. The molecule has 1 amide bonds. The molecule has 5 nitrogen and oxygen atoms in total. The molecule has 1 unspecified atom stereocenters. The summed E-state index contributed by atoms with van der Waals surface area (Å²) < 4.78 is 0. The highest BCUT2D eigenvalue weighted by Gasteiger charge is 2.26. The number of H-pyrrole nitrogens is 1. The molecule has 3 heterocycles. The molecule has 116 valence electrons. The van der Waals surface area contributed by atoms with Gasteiger partial charge in [0.05, 0.1) is 16.2 Å². The second-order valence-electron chi connectivity index (χ2n) is 5.57. The predicted octanol–water partition coefficient (Wildman–Crippen LogP) is 3.19. The first-order valence-electron chi connectivity index (χ1n) is 7.14. The summed E-state index contributed by atoms with van der Waals surface area (Å²) in [5.41, 5.74) is 3.00. The van der Waals surface area contributed by atoms with Crippen LogP contribution in [0.3, 0.4) is 0 Å². The third-order valence-electron chi connectivity index (χ3n) is 3.99. The van der Waals surface area contributed by atoms with Gasteiger partial charge in [0.2, 0.25) is 5.91 Å². The number of hydrogen-bond donors (Lipinski definition) is 1. The third kappa shape index (κ3) is 2.96. The standard InChI is InChI=1S/C15H16Cl2N4O/c1-9-7-21(8-10-4-19-20-15(9)10)14(22)3-2-11-12(16)5-18-6-13(11)17/h4-6,9H,2-3,7-8H2,1H3,(H,19,20). The Hall–Kier alpha value is -1.59. The van der Waals surface area contributed by atoms with Crippen molar-refractivity contribution in [3.8, 4) is 0 Å². The fraction of sp³-hybridized carbons (Fsp3) is 0.400. The Labute approximate surface area is 138 Å². The first-order valence-corrected chi connectivity index (χ1v) is 7.89. The summed E-state index contributed by atoms with van der Waals surface area (Å²) in [4.78, 5) is 18.3.